The highest BCUT2D eigenvalue weighted by molar-refractivity contribution is 5.99. The number of halogens is 3. The van der Waals surface area contributed by atoms with Crippen LogP contribution in [0.2, 0.25) is 0 Å². The molecule has 0 spiro atoms. The van der Waals surface area contributed by atoms with Crippen LogP contribution in [0.4, 0.5) is 18.9 Å². The van der Waals surface area contributed by atoms with Crippen molar-refractivity contribution in [3.05, 3.63) is 58.9 Å². The van der Waals surface area contributed by atoms with Gasteiger partial charge in [-0.15, -0.1) is 0 Å². The molecule has 3 rings (SSSR count). The van der Waals surface area contributed by atoms with Gasteiger partial charge >= 0.3 is 6.18 Å². The highest BCUT2D eigenvalue weighted by atomic mass is 19.4. The number of ether oxygens (including phenoxy) is 1. The van der Waals surface area contributed by atoms with Gasteiger partial charge in [-0.2, -0.15) is 13.2 Å². The van der Waals surface area contributed by atoms with E-state index in [2.05, 4.69) is 15.6 Å². The normalized spacial score (nSPS) is 15.3. The molecular weight excluding hydrogens is 387 g/mol. The highest BCUT2D eigenvalue weighted by Gasteiger charge is 2.41. The molecule has 0 unspecified atom stereocenters. The molecule has 2 amide bonds. The highest BCUT2D eigenvalue weighted by Crippen LogP contribution is 2.33. The van der Waals surface area contributed by atoms with Crippen molar-refractivity contribution in [2.75, 3.05) is 18.5 Å². The second-order valence-electron chi connectivity index (χ2n) is 7.29. The molecule has 9 heteroatoms. The summed E-state index contributed by atoms with van der Waals surface area (Å²) in [7, 11) is 0. The van der Waals surface area contributed by atoms with E-state index in [0.717, 1.165) is 23.4 Å². The number of carbonyl (C=O) groups excluding carboxylic acids is 2. The lowest BCUT2D eigenvalue weighted by atomic mass is 9.87. The Hall–Kier alpha value is -2.94. The zero-order valence-corrected chi connectivity index (χ0v) is 15.9. The lowest BCUT2D eigenvalue weighted by molar-refractivity contribution is -0.152. The monoisotopic (exact) mass is 407 g/mol. The van der Waals surface area contributed by atoms with E-state index >= 15 is 0 Å². The van der Waals surface area contributed by atoms with E-state index in [9.17, 15) is 22.8 Å². The summed E-state index contributed by atoms with van der Waals surface area (Å²) < 4.78 is 44.9. The quantitative estimate of drug-likeness (QED) is 0.797. The molecule has 1 aromatic heterocycles. The molecule has 1 saturated heterocycles. The number of pyridine rings is 1. The Morgan fingerprint density at radius 1 is 1.21 bits per heavy atom. The number of aryl methyl sites for hydroxylation is 1. The molecule has 0 aliphatic carbocycles. The van der Waals surface area contributed by atoms with E-state index in [1.807, 2.05) is 0 Å². The second kappa shape index (κ2) is 7.82. The summed E-state index contributed by atoms with van der Waals surface area (Å²) in [5.74, 6) is -1.14. The molecule has 1 aliphatic heterocycles. The van der Waals surface area contributed by atoms with Gasteiger partial charge in [0.15, 0.2) is 0 Å². The molecule has 1 fully saturated rings. The van der Waals surface area contributed by atoms with Crippen LogP contribution in [0.5, 0.6) is 0 Å². The number of rotatable bonds is 5. The average molecular weight is 407 g/mol. The van der Waals surface area contributed by atoms with E-state index < -0.39 is 29.0 Å². The standard InChI is InChI=1S/C20H20F3N3O3/c1-12-5-13(3-4-24-12)9-25-17(27)14-6-15(20(21,22)23)8-16(7-14)26-18(28)19(2)10-29-11-19/h3-8H,9-11H2,1-2H3,(H,25,27)(H,26,28). The van der Waals surface area contributed by atoms with E-state index in [1.54, 1.807) is 32.2 Å². The molecule has 29 heavy (non-hydrogen) atoms. The summed E-state index contributed by atoms with van der Waals surface area (Å²) in [6.45, 7) is 3.97. The first-order valence-corrected chi connectivity index (χ1v) is 8.88. The fourth-order valence-electron chi connectivity index (χ4n) is 2.81. The number of carbonyl (C=O) groups is 2. The number of aromatic nitrogens is 1. The smallest absolute Gasteiger partial charge is 0.379 e. The Morgan fingerprint density at radius 2 is 1.93 bits per heavy atom. The van der Waals surface area contributed by atoms with Crippen LogP contribution >= 0.6 is 0 Å². The van der Waals surface area contributed by atoms with Crippen molar-refractivity contribution in [2.45, 2.75) is 26.6 Å². The number of hydrogen-bond acceptors (Lipinski definition) is 4. The van der Waals surface area contributed by atoms with Crippen LogP contribution in [0.3, 0.4) is 0 Å². The van der Waals surface area contributed by atoms with Crippen molar-refractivity contribution in [2.24, 2.45) is 5.41 Å². The summed E-state index contributed by atoms with van der Waals surface area (Å²) in [4.78, 5) is 28.8. The van der Waals surface area contributed by atoms with Crippen molar-refractivity contribution >= 4 is 17.5 Å². The molecule has 2 heterocycles. The lowest BCUT2D eigenvalue weighted by Crippen LogP contribution is -2.49. The molecule has 2 N–H and O–H groups in total. The molecule has 1 aliphatic rings. The van der Waals surface area contributed by atoms with Gasteiger partial charge in [-0.05, 0) is 49.7 Å². The van der Waals surface area contributed by atoms with Gasteiger partial charge in [-0.25, -0.2) is 0 Å². The molecule has 0 atom stereocenters. The van der Waals surface area contributed by atoms with Gasteiger partial charge in [0.05, 0.1) is 24.2 Å². The van der Waals surface area contributed by atoms with Crippen LogP contribution in [0.1, 0.15) is 34.1 Å². The fraction of sp³-hybridized carbons (Fsp3) is 0.350. The summed E-state index contributed by atoms with van der Waals surface area (Å²) in [6.07, 6.45) is -3.08. The number of anilines is 1. The lowest BCUT2D eigenvalue weighted by Gasteiger charge is -2.36. The first-order chi connectivity index (χ1) is 13.6. The van der Waals surface area contributed by atoms with Crippen LogP contribution in [0.25, 0.3) is 0 Å². The number of amides is 2. The predicted octanol–water partition coefficient (Wildman–Crippen LogP) is 3.31. The third kappa shape index (κ3) is 4.92. The molecule has 0 bridgehead atoms. The molecule has 2 aromatic rings. The molecule has 154 valence electrons. The van der Waals surface area contributed by atoms with Gasteiger partial charge in [0.25, 0.3) is 5.91 Å². The Kier molecular flexibility index (Phi) is 5.61. The van der Waals surface area contributed by atoms with Crippen LogP contribution < -0.4 is 10.6 Å². The maximum Gasteiger partial charge on any atom is 0.416 e. The zero-order valence-electron chi connectivity index (χ0n) is 15.9. The Balaban J connectivity index is 1.80. The van der Waals surface area contributed by atoms with Crippen molar-refractivity contribution in [3.63, 3.8) is 0 Å². The maximum atomic E-state index is 13.3. The van der Waals surface area contributed by atoms with Crippen molar-refractivity contribution in [1.29, 1.82) is 0 Å². The number of benzene rings is 1. The van der Waals surface area contributed by atoms with Gasteiger partial charge in [0.2, 0.25) is 5.91 Å². The third-order valence-corrected chi connectivity index (χ3v) is 4.58. The molecule has 6 nitrogen and oxygen atoms in total. The topological polar surface area (TPSA) is 80.3 Å². The van der Waals surface area contributed by atoms with E-state index in [0.29, 0.717) is 0 Å². The Morgan fingerprint density at radius 3 is 2.52 bits per heavy atom. The molecule has 1 aromatic carbocycles. The fourth-order valence-corrected chi connectivity index (χ4v) is 2.81. The molecular formula is C20H20F3N3O3. The number of alkyl halides is 3. The van der Waals surface area contributed by atoms with Gasteiger partial charge in [-0.1, -0.05) is 0 Å². The van der Waals surface area contributed by atoms with Crippen molar-refractivity contribution < 1.29 is 27.5 Å². The predicted molar refractivity (Wildman–Crippen MR) is 99.1 cm³/mol. The SMILES string of the molecule is Cc1cc(CNC(=O)c2cc(NC(=O)C3(C)COC3)cc(C(F)(F)F)c2)ccn1. The first-order valence-electron chi connectivity index (χ1n) is 8.88. The van der Waals surface area contributed by atoms with Gasteiger partial charge in [0.1, 0.15) is 0 Å². The average Bonchev–Trinajstić information content (AvgIpc) is 2.63. The van der Waals surface area contributed by atoms with Gasteiger partial charge in [0, 0.05) is 29.7 Å². The van der Waals surface area contributed by atoms with E-state index in [1.165, 1.54) is 6.07 Å². The summed E-state index contributed by atoms with van der Waals surface area (Å²) >= 11 is 0. The number of nitrogens with one attached hydrogen (secondary N) is 2. The Bertz CT molecular complexity index is 940. The van der Waals surface area contributed by atoms with Crippen LogP contribution in [0.15, 0.2) is 36.5 Å². The van der Waals surface area contributed by atoms with E-state index in [-0.39, 0.29) is 31.0 Å². The maximum absolute atomic E-state index is 13.3. The molecule has 0 radical (unpaired) electrons. The Labute approximate surface area is 165 Å². The van der Waals surface area contributed by atoms with Crippen molar-refractivity contribution in [3.8, 4) is 0 Å². The third-order valence-electron chi connectivity index (χ3n) is 4.58. The first kappa shape index (κ1) is 20.8. The summed E-state index contributed by atoms with van der Waals surface area (Å²) in [6, 6.07) is 6.26. The van der Waals surface area contributed by atoms with Gasteiger partial charge in [-0.3, -0.25) is 14.6 Å². The van der Waals surface area contributed by atoms with Crippen LogP contribution in [-0.2, 0) is 22.3 Å². The van der Waals surface area contributed by atoms with Gasteiger partial charge < -0.3 is 15.4 Å². The van der Waals surface area contributed by atoms with E-state index in [4.69, 9.17) is 4.74 Å². The summed E-state index contributed by atoms with van der Waals surface area (Å²) in [5.41, 5.74) is -0.580. The minimum absolute atomic E-state index is 0.0946. The largest absolute Gasteiger partial charge is 0.416 e. The summed E-state index contributed by atoms with van der Waals surface area (Å²) in [5, 5.41) is 5.05. The van der Waals surface area contributed by atoms with Crippen molar-refractivity contribution in [1.82, 2.24) is 10.3 Å². The molecule has 0 saturated carbocycles. The number of hydrogen-bond donors (Lipinski definition) is 2. The van der Waals surface area contributed by atoms with Crippen LogP contribution in [-0.4, -0.2) is 30.0 Å². The minimum Gasteiger partial charge on any atom is -0.379 e. The zero-order chi connectivity index (χ0) is 21.2. The minimum atomic E-state index is -4.67. The van der Waals surface area contributed by atoms with Crippen LogP contribution in [0, 0.1) is 12.3 Å². The second-order valence-corrected chi connectivity index (χ2v) is 7.29. The number of nitrogens with zero attached hydrogens (tertiary/aromatic N) is 1.